The van der Waals surface area contributed by atoms with E-state index in [0.717, 1.165) is 11.1 Å². The van der Waals surface area contributed by atoms with Crippen LogP contribution in [0.1, 0.15) is 55.9 Å². The summed E-state index contributed by atoms with van der Waals surface area (Å²) in [5.74, 6) is -2.38. The molecule has 0 fully saturated rings. The number of carbonyl (C=O) groups excluding carboxylic acids is 4. The number of guanidine groups is 1. The van der Waals surface area contributed by atoms with Gasteiger partial charge in [0.05, 0.1) is 4.90 Å². The summed E-state index contributed by atoms with van der Waals surface area (Å²) in [4.78, 5) is 53.8. The maximum atomic E-state index is 12.9. The minimum Gasteiger partial charge on any atom is -0.460 e. The van der Waals surface area contributed by atoms with E-state index in [0.29, 0.717) is 11.1 Å². The Kier molecular flexibility index (Phi) is 14.0. The lowest BCUT2D eigenvalue weighted by atomic mass is 10.1. The van der Waals surface area contributed by atoms with E-state index < -0.39 is 58.6 Å². The molecule has 0 saturated heterocycles. The van der Waals surface area contributed by atoms with Crippen LogP contribution in [0.15, 0.2) is 52.4 Å². The van der Waals surface area contributed by atoms with Crippen molar-refractivity contribution in [1.82, 2.24) is 20.7 Å². The zero-order chi connectivity index (χ0) is 34.5. The molecule has 15 heteroatoms. The number of benzene rings is 2. The Bertz CT molecular complexity index is 1500. The summed E-state index contributed by atoms with van der Waals surface area (Å²) in [5, 5.41) is 7.27. The van der Waals surface area contributed by atoms with Gasteiger partial charge in [0.1, 0.15) is 31.3 Å². The Morgan fingerprint density at radius 3 is 2.20 bits per heavy atom. The zero-order valence-electron chi connectivity index (χ0n) is 27.1. The van der Waals surface area contributed by atoms with Gasteiger partial charge in [-0.2, -0.15) is 0 Å². The second kappa shape index (κ2) is 17.1. The Labute approximate surface area is 269 Å². The molecule has 252 valence electrons. The van der Waals surface area contributed by atoms with Gasteiger partial charge in [0.25, 0.3) is 10.0 Å². The number of nitrogens with two attached hydrogens (primary N) is 1. The van der Waals surface area contributed by atoms with Crippen LogP contribution >= 0.6 is 0 Å². The monoisotopic (exact) mass is 660 g/mol. The number of nitrogens with zero attached hydrogens (tertiary/aromatic N) is 1. The Morgan fingerprint density at radius 1 is 0.957 bits per heavy atom. The Balaban J connectivity index is 1.99. The highest BCUT2D eigenvalue weighted by atomic mass is 32.2. The van der Waals surface area contributed by atoms with Crippen molar-refractivity contribution < 1.29 is 37.1 Å². The van der Waals surface area contributed by atoms with Crippen molar-refractivity contribution in [3.05, 3.63) is 64.7 Å². The van der Waals surface area contributed by atoms with Gasteiger partial charge < -0.3 is 31.2 Å². The van der Waals surface area contributed by atoms with Crippen molar-refractivity contribution in [2.45, 2.75) is 77.5 Å². The molecule has 3 amide bonds. The first-order valence-corrected chi connectivity index (χ1v) is 16.1. The van der Waals surface area contributed by atoms with E-state index in [-0.39, 0.29) is 36.8 Å². The van der Waals surface area contributed by atoms with Crippen molar-refractivity contribution in [1.29, 1.82) is 0 Å². The molecule has 0 aliphatic heterocycles. The number of alkyl carbamates (subject to hydrolysis) is 1. The van der Waals surface area contributed by atoms with Gasteiger partial charge >= 0.3 is 12.1 Å². The predicted molar refractivity (Wildman–Crippen MR) is 172 cm³/mol. The van der Waals surface area contributed by atoms with E-state index in [9.17, 15) is 27.6 Å². The molecule has 0 spiro atoms. The van der Waals surface area contributed by atoms with Gasteiger partial charge in [-0.1, -0.05) is 48.0 Å². The fourth-order valence-corrected chi connectivity index (χ4v) is 5.77. The SMILES string of the molecule is Cc1cc(C)c(S(=O)(=O)NC(N)=NCCC[C@H](NC(=O)CNC(=O)OC(C)(C)C)C(=O)NCC(=O)OCc2ccccc2)c(C)c1. The summed E-state index contributed by atoms with van der Waals surface area (Å²) in [6.45, 7) is 9.37. The molecular weight excluding hydrogens is 616 g/mol. The minimum absolute atomic E-state index is 0.00907. The van der Waals surface area contributed by atoms with Crippen LogP contribution in [0.4, 0.5) is 4.79 Å². The van der Waals surface area contributed by atoms with E-state index in [1.54, 1.807) is 71.0 Å². The largest absolute Gasteiger partial charge is 0.460 e. The average Bonchev–Trinajstić information content (AvgIpc) is 2.94. The maximum Gasteiger partial charge on any atom is 0.408 e. The number of carbonyl (C=O) groups is 4. The molecule has 0 saturated carbocycles. The van der Waals surface area contributed by atoms with Crippen molar-refractivity contribution in [3.63, 3.8) is 0 Å². The molecule has 6 N–H and O–H groups in total. The van der Waals surface area contributed by atoms with Crippen molar-refractivity contribution in [3.8, 4) is 0 Å². The summed E-state index contributed by atoms with van der Waals surface area (Å²) >= 11 is 0. The first kappa shape index (κ1) is 37.5. The molecule has 0 radical (unpaired) electrons. The highest BCUT2D eigenvalue weighted by Gasteiger charge is 2.23. The van der Waals surface area contributed by atoms with Gasteiger partial charge in [0.2, 0.25) is 17.8 Å². The van der Waals surface area contributed by atoms with Crippen LogP contribution in [0.5, 0.6) is 0 Å². The molecule has 2 aromatic rings. The number of hydrogen-bond donors (Lipinski definition) is 5. The van der Waals surface area contributed by atoms with Gasteiger partial charge in [-0.25, -0.2) is 17.9 Å². The second-order valence-electron chi connectivity index (χ2n) is 11.6. The summed E-state index contributed by atoms with van der Waals surface area (Å²) in [5.41, 5.74) is 7.90. The van der Waals surface area contributed by atoms with Gasteiger partial charge in [-0.3, -0.25) is 19.4 Å². The van der Waals surface area contributed by atoms with E-state index in [2.05, 4.69) is 25.7 Å². The molecule has 0 unspecified atom stereocenters. The first-order valence-electron chi connectivity index (χ1n) is 14.6. The summed E-state index contributed by atoms with van der Waals surface area (Å²) in [6, 6.07) is 11.4. The lowest BCUT2D eigenvalue weighted by Gasteiger charge is -2.20. The van der Waals surface area contributed by atoms with E-state index in [1.165, 1.54) is 0 Å². The van der Waals surface area contributed by atoms with E-state index >= 15 is 0 Å². The standard InChI is InChI=1S/C31H44N6O8S/c1-20-15-21(2)27(22(3)16-20)46(42,43)37-29(32)33-14-10-13-24(36-25(38)17-35-30(41)45-31(4,5)6)28(40)34-18-26(39)44-19-23-11-8-7-9-12-23/h7-9,11-12,15-16,24H,10,13-14,17-19H2,1-6H3,(H,34,40)(H,35,41)(H,36,38)(H3,32,33,37)/t24-/m0/s1. The van der Waals surface area contributed by atoms with Gasteiger partial charge in [0, 0.05) is 6.54 Å². The lowest BCUT2D eigenvalue weighted by molar-refractivity contribution is -0.145. The molecule has 0 heterocycles. The van der Waals surface area contributed by atoms with Gasteiger partial charge in [0.15, 0.2) is 0 Å². The van der Waals surface area contributed by atoms with Crippen LogP contribution in [0.3, 0.4) is 0 Å². The fourth-order valence-electron chi connectivity index (χ4n) is 4.36. The van der Waals surface area contributed by atoms with Crippen molar-refractivity contribution in [2.24, 2.45) is 10.7 Å². The average molecular weight is 661 g/mol. The highest BCUT2D eigenvalue weighted by molar-refractivity contribution is 7.90. The number of ether oxygens (including phenoxy) is 2. The molecule has 14 nitrogen and oxygen atoms in total. The summed E-state index contributed by atoms with van der Waals surface area (Å²) in [7, 11) is -4.00. The highest BCUT2D eigenvalue weighted by Crippen LogP contribution is 2.21. The fraction of sp³-hybridized carbons (Fsp3) is 0.452. The number of aliphatic imine (C=N–C) groups is 1. The topological polar surface area (TPSA) is 207 Å². The molecule has 0 aliphatic carbocycles. The molecule has 2 aromatic carbocycles. The van der Waals surface area contributed by atoms with Crippen LogP contribution in [0, 0.1) is 20.8 Å². The predicted octanol–water partition coefficient (Wildman–Crippen LogP) is 1.85. The molecular formula is C31H44N6O8S. The van der Waals surface area contributed by atoms with Crippen LogP contribution in [0.25, 0.3) is 0 Å². The number of hydrogen-bond acceptors (Lipinski definition) is 9. The van der Waals surface area contributed by atoms with E-state index in [4.69, 9.17) is 15.2 Å². The van der Waals surface area contributed by atoms with Crippen LogP contribution < -0.4 is 26.4 Å². The van der Waals surface area contributed by atoms with E-state index in [1.807, 2.05) is 13.0 Å². The normalized spacial score (nSPS) is 12.4. The smallest absolute Gasteiger partial charge is 0.408 e. The Hall–Kier alpha value is -4.66. The minimum atomic E-state index is -4.00. The number of amides is 3. The van der Waals surface area contributed by atoms with Gasteiger partial charge in [-0.15, -0.1) is 0 Å². The number of rotatable bonds is 14. The molecule has 2 rings (SSSR count). The van der Waals surface area contributed by atoms with Crippen LogP contribution in [-0.4, -0.2) is 69.5 Å². The molecule has 0 aromatic heterocycles. The van der Waals surface area contributed by atoms with Crippen molar-refractivity contribution >= 4 is 39.9 Å². The second-order valence-corrected chi connectivity index (χ2v) is 13.2. The molecule has 46 heavy (non-hydrogen) atoms. The quantitative estimate of drug-likeness (QED) is 0.0866. The lowest BCUT2D eigenvalue weighted by Crippen LogP contribution is -2.50. The van der Waals surface area contributed by atoms with Crippen molar-refractivity contribution in [2.75, 3.05) is 19.6 Å². The molecule has 0 aliphatic rings. The zero-order valence-corrected chi connectivity index (χ0v) is 27.9. The third-order valence-electron chi connectivity index (χ3n) is 6.14. The van der Waals surface area contributed by atoms with Crippen LogP contribution in [0.2, 0.25) is 0 Å². The summed E-state index contributed by atoms with van der Waals surface area (Å²) < 4.78 is 38.4. The van der Waals surface area contributed by atoms with Crippen LogP contribution in [-0.2, 0) is 40.5 Å². The number of esters is 1. The third kappa shape index (κ3) is 13.5. The first-order chi connectivity index (χ1) is 21.5. The maximum absolute atomic E-state index is 12.9. The van der Waals surface area contributed by atoms with Gasteiger partial charge in [-0.05, 0) is 71.1 Å². The summed E-state index contributed by atoms with van der Waals surface area (Å²) in [6.07, 6.45) is -0.572. The Morgan fingerprint density at radius 2 is 1.59 bits per heavy atom. The third-order valence-corrected chi connectivity index (χ3v) is 7.80. The molecule has 0 bridgehead atoms. The number of aryl methyl sites for hydroxylation is 3. The number of nitrogens with one attached hydrogen (secondary N) is 4. The number of sulfonamides is 1. The molecule has 1 atom stereocenters.